The number of fused-ring (bicyclic) bond motifs is 1. The summed E-state index contributed by atoms with van der Waals surface area (Å²) in [5.74, 6) is -3.27. The van der Waals surface area contributed by atoms with E-state index in [1.807, 2.05) is 29.8 Å². The van der Waals surface area contributed by atoms with Gasteiger partial charge in [0.05, 0.1) is 42.6 Å². The van der Waals surface area contributed by atoms with Crippen LogP contribution >= 0.6 is 0 Å². The van der Waals surface area contributed by atoms with Crippen molar-refractivity contribution in [2.45, 2.75) is 19.9 Å². The van der Waals surface area contributed by atoms with Crippen molar-refractivity contribution in [3.05, 3.63) is 88.1 Å². The lowest BCUT2D eigenvalue weighted by Gasteiger charge is -2.14. The number of nitrogens with zero attached hydrogens (tertiary/aromatic N) is 5. The number of hydrogen-bond donors (Lipinski definition) is 1. The zero-order valence-corrected chi connectivity index (χ0v) is 18.9. The lowest BCUT2D eigenvalue weighted by Crippen LogP contribution is -2.26. The Morgan fingerprint density at radius 3 is 2.51 bits per heavy atom. The van der Waals surface area contributed by atoms with Crippen LogP contribution in [-0.4, -0.2) is 36.4 Å². The fourth-order valence-corrected chi connectivity index (χ4v) is 3.89. The van der Waals surface area contributed by atoms with Gasteiger partial charge in [0.1, 0.15) is 11.6 Å². The molecule has 1 atom stereocenters. The first-order chi connectivity index (χ1) is 16.8. The van der Waals surface area contributed by atoms with E-state index < -0.39 is 29.1 Å². The first-order valence-electron chi connectivity index (χ1n) is 10.6. The van der Waals surface area contributed by atoms with Gasteiger partial charge >= 0.3 is 0 Å². The van der Waals surface area contributed by atoms with Crippen LogP contribution in [0.1, 0.15) is 24.2 Å². The van der Waals surface area contributed by atoms with Gasteiger partial charge in [0, 0.05) is 11.8 Å². The number of aromatic nitrogens is 6. The standard InChI is InChI=1S/C24H19F3N6O2/c1-12-10-32(11-28-12)19-5-4-14(8-20(19)35-3)23-30-18-9-29-33(24(34)22(18)31-23)13(2)15-6-16(25)21(27)17(26)7-15/h4-11,13H,1-3H3,(H,30,31). The molecule has 0 aliphatic carbocycles. The molecule has 0 saturated carbocycles. The van der Waals surface area contributed by atoms with E-state index >= 15 is 0 Å². The lowest BCUT2D eigenvalue weighted by molar-refractivity contribution is 0.413. The summed E-state index contributed by atoms with van der Waals surface area (Å²) in [5, 5.41) is 4.12. The number of benzene rings is 2. The summed E-state index contributed by atoms with van der Waals surface area (Å²) < 4.78 is 49.2. The lowest BCUT2D eigenvalue weighted by atomic mass is 10.1. The molecule has 0 radical (unpaired) electrons. The number of imidazole rings is 2. The molecule has 0 spiro atoms. The predicted octanol–water partition coefficient (Wildman–Crippen LogP) is 4.32. The molecule has 1 unspecified atom stereocenters. The maximum absolute atomic E-state index is 13.7. The van der Waals surface area contributed by atoms with Crippen molar-refractivity contribution >= 4 is 11.0 Å². The van der Waals surface area contributed by atoms with E-state index in [0.29, 0.717) is 22.7 Å². The van der Waals surface area contributed by atoms with E-state index in [-0.39, 0.29) is 11.1 Å². The van der Waals surface area contributed by atoms with Crippen LogP contribution in [0.25, 0.3) is 28.1 Å². The monoisotopic (exact) mass is 480 g/mol. The van der Waals surface area contributed by atoms with E-state index in [1.165, 1.54) is 13.1 Å². The smallest absolute Gasteiger partial charge is 0.295 e. The van der Waals surface area contributed by atoms with Crippen molar-refractivity contribution in [1.29, 1.82) is 0 Å². The predicted molar refractivity (Wildman–Crippen MR) is 122 cm³/mol. The molecule has 0 fully saturated rings. The molecule has 178 valence electrons. The SMILES string of the molecule is COc1cc(-c2nc3c(=O)n(C(C)c4cc(F)c(F)c(F)c4)ncc3[nH]2)ccc1-n1cnc(C)c1. The number of nitrogens with one attached hydrogen (secondary N) is 1. The van der Waals surface area contributed by atoms with Gasteiger partial charge in [-0.2, -0.15) is 5.10 Å². The van der Waals surface area contributed by atoms with Gasteiger partial charge < -0.3 is 14.3 Å². The molecule has 1 N–H and O–H groups in total. The van der Waals surface area contributed by atoms with Crippen molar-refractivity contribution in [3.63, 3.8) is 0 Å². The number of methoxy groups -OCH3 is 1. The van der Waals surface area contributed by atoms with Gasteiger partial charge in [0.15, 0.2) is 23.0 Å². The van der Waals surface area contributed by atoms with Gasteiger partial charge in [-0.1, -0.05) is 0 Å². The molecule has 5 aromatic rings. The molecule has 8 nitrogen and oxygen atoms in total. The van der Waals surface area contributed by atoms with Gasteiger partial charge in [-0.25, -0.2) is 27.8 Å². The molecule has 0 amide bonds. The topological polar surface area (TPSA) is 90.6 Å². The minimum atomic E-state index is -1.57. The summed E-state index contributed by atoms with van der Waals surface area (Å²) in [5.41, 5.74) is 2.28. The second-order valence-electron chi connectivity index (χ2n) is 8.03. The molecule has 11 heteroatoms. The quantitative estimate of drug-likeness (QED) is 0.379. The van der Waals surface area contributed by atoms with Crippen LogP contribution in [0.3, 0.4) is 0 Å². The highest BCUT2D eigenvalue weighted by Gasteiger charge is 2.20. The Bertz CT molecular complexity index is 1620. The zero-order valence-electron chi connectivity index (χ0n) is 18.9. The van der Waals surface area contributed by atoms with Crippen LogP contribution in [0.5, 0.6) is 5.75 Å². The Morgan fingerprint density at radius 1 is 1.11 bits per heavy atom. The maximum Gasteiger partial charge on any atom is 0.295 e. The Labute approximate surface area is 196 Å². The Hall–Kier alpha value is -4.41. The Balaban J connectivity index is 1.55. The number of aryl methyl sites for hydroxylation is 1. The minimum absolute atomic E-state index is 0.0566. The summed E-state index contributed by atoms with van der Waals surface area (Å²) in [6, 6.07) is 6.26. The average Bonchev–Trinajstić information content (AvgIpc) is 3.48. The maximum atomic E-state index is 13.7. The van der Waals surface area contributed by atoms with Gasteiger partial charge in [-0.3, -0.25) is 4.79 Å². The van der Waals surface area contributed by atoms with Crippen LogP contribution in [0.4, 0.5) is 13.2 Å². The summed E-state index contributed by atoms with van der Waals surface area (Å²) in [6.07, 6.45) is 4.95. The van der Waals surface area contributed by atoms with E-state index in [4.69, 9.17) is 4.74 Å². The van der Waals surface area contributed by atoms with Crippen LogP contribution in [0.2, 0.25) is 0 Å². The van der Waals surface area contributed by atoms with Crippen molar-refractivity contribution < 1.29 is 17.9 Å². The average molecular weight is 480 g/mol. The molecule has 35 heavy (non-hydrogen) atoms. The Morgan fingerprint density at radius 2 is 1.86 bits per heavy atom. The molecular weight excluding hydrogens is 461 g/mol. The highest BCUT2D eigenvalue weighted by atomic mass is 19.2. The summed E-state index contributed by atoms with van der Waals surface area (Å²) in [4.78, 5) is 24.8. The van der Waals surface area contributed by atoms with Crippen molar-refractivity contribution in [3.8, 4) is 22.8 Å². The molecule has 0 aliphatic heterocycles. The summed E-state index contributed by atoms with van der Waals surface area (Å²) in [6.45, 7) is 3.41. The molecular formula is C24H19F3N6O2. The number of aromatic amines is 1. The Kier molecular flexibility index (Phi) is 5.39. The van der Waals surface area contributed by atoms with Crippen molar-refractivity contribution in [1.82, 2.24) is 29.3 Å². The van der Waals surface area contributed by atoms with E-state index in [1.54, 1.807) is 19.5 Å². The summed E-state index contributed by atoms with van der Waals surface area (Å²) in [7, 11) is 1.55. The third-order valence-electron chi connectivity index (χ3n) is 5.75. The summed E-state index contributed by atoms with van der Waals surface area (Å²) >= 11 is 0. The van der Waals surface area contributed by atoms with Gasteiger partial charge in [0.25, 0.3) is 5.56 Å². The molecule has 0 aliphatic rings. The van der Waals surface area contributed by atoms with Crippen LogP contribution in [0, 0.1) is 24.4 Å². The number of hydrogen-bond acceptors (Lipinski definition) is 5. The number of rotatable bonds is 5. The largest absolute Gasteiger partial charge is 0.495 e. The highest BCUT2D eigenvalue weighted by molar-refractivity contribution is 5.78. The normalized spacial score (nSPS) is 12.3. The highest BCUT2D eigenvalue weighted by Crippen LogP contribution is 2.29. The van der Waals surface area contributed by atoms with Crippen molar-refractivity contribution in [2.75, 3.05) is 7.11 Å². The van der Waals surface area contributed by atoms with Crippen molar-refractivity contribution in [2.24, 2.45) is 0 Å². The van der Waals surface area contributed by atoms with E-state index in [2.05, 4.69) is 20.1 Å². The second-order valence-corrected chi connectivity index (χ2v) is 8.03. The van der Waals surface area contributed by atoms with Crippen LogP contribution < -0.4 is 10.3 Å². The van der Waals surface area contributed by atoms with Gasteiger partial charge in [-0.05, 0) is 49.7 Å². The third kappa shape index (κ3) is 3.84. The molecule has 3 aromatic heterocycles. The number of ether oxygens (including phenoxy) is 1. The molecule has 0 saturated heterocycles. The number of halogens is 3. The first kappa shape index (κ1) is 22.4. The fourth-order valence-electron chi connectivity index (χ4n) is 3.89. The fraction of sp³-hybridized carbons (Fsp3) is 0.167. The molecule has 2 aromatic carbocycles. The molecule has 5 rings (SSSR count). The first-order valence-corrected chi connectivity index (χ1v) is 10.6. The van der Waals surface area contributed by atoms with Gasteiger partial charge in [0.2, 0.25) is 0 Å². The van der Waals surface area contributed by atoms with Crippen LogP contribution in [-0.2, 0) is 0 Å². The van der Waals surface area contributed by atoms with Gasteiger partial charge in [-0.15, -0.1) is 0 Å². The number of H-pyrrole nitrogens is 1. The second kappa shape index (κ2) is 8.42. The van der Waals surface area contributed by atoms with E-state index in [9.17, 15) is 18.0 Å². The molecule has 3 heterocycles. The third-order valence-corrected chi connectivity index (χ3v) is 5.75. The molecule has 0 bridgehead atoms. The van der Waals surface area contributed by atoms with Crippen LogP contribution in [0.15, 0.2) is 53.8 Å². The van der Waals surface area contributed by atoms with E-state index in [0.717, 1.165) is 28.2 Å². The minimum Gasteiger partial charge on any atom is -0.495 e. The zero-order chi connectivity index (χ0) is 24.9.